The summed E-state index contributed by atoms with van der Waals surface area (Å²) in [7, 11) is 0. The Balaban J connectivity index is 0.000000185. The molecule has 364 valence electrons. The van der Waals surface area contributed by atoms with Gasteiger partial charge < -0.3 is 44.6 Å². The van der Waals surface area contributed by atoms with Gasteiger partial charge in [0.05, 0.1) is 100 Å². The van der Waals surface area contributed by atoms with E-state index in [0.29, 0.717) is 104 Å². The Labute approximate surface area is 406 Å². The molecular formula is C51H51ClF4N10O4. The molecule has 4 saturated heterocycles. The van der Waals surface area contributed by atoms with Crippen molar-refractivity contribution in [1.82, 2.24) is 24.9 Å². The minimum atomic E-state index is -0.729. The van der Waals surface area contributed by atoms with E-state index in [1.165, 1.54) is 12.1 Å². The maximum absolute atomic E-state index is 15.6. The highest BCUT2D eigenvalue weighted by molar-refractivity contribution is 6.36. The summed E-state index contributed by atoms with van der Waals surface area (Å²) in [4.78, 5) is 31.5. The molecule has 19 heteroatoms. The van der Waals surface area contributed by atoms with E-state index in [-0.39, 0.29) is 39.0 Å². The number of fused-ring (bicyclic) bond motifs is 2. The fraction of sp³-hybridized carbons (Fsp3) is 0.353. The normalized spacial score (nSPS) is 18.5. The Bertz CT molecular complexity index is 3050. The largest absolute Gasteiger partial charge is 0.391 e. The van der Waals surface area contributed by atoms with Crippen LogP contribution in [-0.4, -0.2) is 126 Å². The maximum atomic E-state index is 15.6. The summed E-state index contributed by atoms with van der Waals surface area (Å²) in [5, 5.41) is 23.7. The van der Waals surface area contributed by atoms with Crippen LogP contribution in [0.3, 0.4) is 0 Å². The molecule has 0 saturated carbocycles. The van der Waals surface area contributed by atoms with E-state index >= 15 is 4.39 Å². The summed E-state index contributed by atoms with van der Waals surface area (Å²) >= 11 is 6.33. The van der Waals surface area contributed by atoms with E-state index in [9.17, 15) is 23.4 Å². The van der Waals surface area contributed by atoms with Crippen molar-refractivity contribution in [1.29, 1.82) is 0 Å². The van der Waals surface area contributed by atoms with Crippen LogP contribution < -0.4 is 24.9 Å². The van der Waals surface area contributed by atoms with Crippen LogP contribution in [0.4, 0.5) is 52.1 Å². The average molecular weight is 979 g/mol. The predicted octanol–water partition coefficient (Wildman–Crippen LogP) is 8.37. The molecule has 4 aliphatic heterocycles. The Kier molecular flexibility index (Phi) is 13.6. The van der Waals surface area contributed by atoms with Crippen molar-refractivity contribution in [3.8, 4) is 22.5 Å². The van der Waals surface area contributed by atoms with Crippen LogP contribution in [0, 0.1) is 37.1 Å². The molecule has 5 aromatic heterocycles. The van der Waals surface area contributed by atoms with Gasteiger partial charge in [-0.2, -0.15) is 0 Å². The summed E-state index contributed by atoms with van der Waals surface area (Å²) in [5.41, 5.74) is 6.32. The van der Waals surface area contributed by atoms with Crippen LogP contribution in [0.5, 0.6) is 0 Å². The number of rotatable bonds is 8. The van der Waals surface area contributed by atoms with Gasteiger partial charge in [-0.15, -0.1) is 0 Å². The standard InChI is InChI=1S/C32H35F2N7O3.C19H16ClF2N3O/c1-20-30(21-2-3-28(35-17-21)41-5-4-24(42)19-41)37-26-15-22(33)14-25(34)29(26)31(20)38-27-16-23(39-6-10-43-11-7-39)18-36-32(27)40-8-12-44-13-9-40;1-10-18(20)17-14(22)6-12(21)7-15(17)24-19(10)11-2-3-16(23-8-11)25-5-4-13(26)9-25/h2-3,14-18,24,42H,4-13,19H2,1H3,(H,37,38);2-3,6-8,13,26H,4-5,9H2,1H3. The van der Waals surface area contributed by atoms with Gasteiger partial charge in [-0.3, -0.25) is 0 Å². The lowest BCUT2D eigenvalue weighted by Gasteiger charge is -2.32. The fourth-order valence-corrected chi connectivity index (χ4v) is 9.78. The van der Waals surface area contributed by atoms with Gasteiger partial charge in [0, 0.05) is 100 Å². The van der Waals surface area contributed by atoms with Gasteiger partial charge in [0.2, 0.25) is 0 Å². The van der Waals surface area contributed by atoms with E-state index in [2.05, 4.69) is 30.1 Å². The van der Waals surface area contributed by atoms with Crippen LogP contribution in [0.15, 0.2) is 73.2 Å². The van der Waals surface area contributed by atoms with Crippen molar-refractivity contribution < 1.29 is 37.2 Å². The Morgan fingerprint density at radius 3 is 1.63 bits per heavy atom. The van der Waals surface area contributed by atoms with Gasteiger partial charge in [-0.25, -0.2) is 42.5 Å². The second-order valence-electron chi connectivity index (χ2n) is 17.9. The van der Waals surface area contributed by atoms with E-state index in [4.69, 9.17) is 31.0 Å². The number of ether oxygens (including phenoxy) is 2. The number of aromatic nitrogens is 5. The molecule has 9 heterocycles. The molecule has 2 unspecified atom stereocenters. The molecule has 0 bridgehead atoms. The number of benzene rings is 2. The van der Waals surface area contributed by atoms with Gasteiger partial charge in [-0.05, 0) is 68.1 Å². The molecule has 11 rings (SSSR count). The summed E-state index contributed by atoms with van der Waals surface area (Å²) in [6, 6.07) is 13.6. The smallest absolute Gasteiger partial charge is 0.152 e. The lowest BCUT2D eigenvalue weighted by molar-refractivity contribution is 0.122. The number of β-amino-alcohol motifs (C(OH)–C–C–N with tert-alkyl or cyclic N) is 2. The van der Waals surface area contributed by atoms with Crippen molar-refractivity contribution >= 4 is 67.9 Å². The monoisotopic (exact) mass is 978 g/mol. The molecule has 14 nitrogen and oxygen atoms in total. The highest BCUT2D eigenvalue weighted by Gasteiger charge is 2.26. The number of aliphatic hydroxyl groups is 2. The molecule has 0 spiro atoms. The molecule has 2 atom stereocenters. The summed E-state index contributed by atoms with van der Waals surface area (Å²) in [6.07, 6.45) is 5.99. The molecule has 7 aromatic rings. The number of aliphatic hydroxyl groups excluding tert-OH is 2. The van der Waals surface area contributed by atoms with Crippen molar-refractivity contribution in [2.45, 2.75) is 38.9 Å². The molecule has 2 aromatic carbocycles. The number of hydrogen-bond donors (Lipinski definition) is 3. The third-order valence-electron chi connectivity index (χ3n) is 13.2. The van der Waals surface area contributed by atoms with E-state index in [1.54, 1.807) is 19.3 Å². The number of nitrogens with one attached hydrogen (secondary N) is 1. The average Bonchev–Trinajstić information content (AvgIpc) is 4.01. The topological polar surface area (TPSA) is 148 Å². The summed E-state index contributed by atoms with van der Waals surface area (Å²) < 4.78 is 68.9. The third kappa shape index (κ3) is 9.70. The number of morpholine rings is 2. The lowest BCUT2D eigenvalue weighted by Crippen LogP contribution is -2.38. The molecule has 3 N–H and O–H groups in total. The minimum Gasteiger partial charge on any atom is -0.391 e. The quantitative estimate of drug-likeness (QED) is 0.125. The Morgan fingerprint density at radius 1 is 0.600 bits per heavy atom. The van der Waals surface area contributed by atoms with Crippen LogP contribution in [-0.2, 0) is 9.47 Å². The number of hydrogen-bond acceptors (Lipinski definition) is 14. The van der Waals surface area contributed by atoms with Crippen molar-refractivity contribution in [2.24, 2.45) is 0 Å². The van der Waals surface area contributed by atoms with Gasteiger partial charge in [0.25, 0.3) is 0 Å². The second-order valence-corrected chi connectivity index (χ2v) is 18.3. The number of halogens is 5. The molecular weight excluding hydrogens is 928 g/mol. The molecule has 0 radical (unpaired) electrons. The first-order valence-corrected chi connectivity index (χ1v) is 23.7. The van der Waals surface area contributed by atoms with Crippen molar-refractivity contribution in [3.63, 3.8) is 0 Å². The van der Waals surface area contributed by atoms with Crippen LogP contribution in [0.2, 0.25) is 5.02 Å². The SMILES string of the molecule is Cc1c(-c2ccc(N3CCC(O)C3)nc2)nc2cc(F)cc(F)c2c1Cl.Cc1c(-c2ccc(N3CCC(O)C3)nc2)nc2cc(F)cc(F)c2c1Nc1cc(N2CCOCC2)cnc1N1CCOCC1. The van der Waals surface area contributed by atoms with E-state index in [1.807, 2.05) is 53.3 Å². The Morgan fingerprint density at radius 2 is 1.11 bits per heavy atom. The first-order valence-electron chi connectivity index (χ1n) is 23.3. The predicted molar refractivity (Wildman–Crippen MR) is 264 cm³/mol. The Hall–Kier alpha value is -6.44. The minimum absolute atomic E-state index is 0.116. The van der Waals surface area contributed by atoms with Crippen molar-refractivity contribution in [2.75, 3.05) is 104 Å². The fourth-order valence-electron chi connectivity index (χ4n) is 9.51. The third-order valence-corrected chi connectivity index (χ3v) is 13.7. The zero-order valence-corrected chi connectivity index (χ0v) is 39.4. The molecule has 4 aliphatic rings. The van der Waals surface area contributed by atoms with Crippen LogP contribution in [0.25, 0.3) is 44.3 Å². The highest BCUT2D eigenvalue weighted by atomic mass is 35.5. The number of pyridine rings is 5. The number of anilines is 6. The first kappa shape index (κ1) is 47.2. The second kappa shape index (κ2) is 20.1. The molecule has 4 fully saturated rings. The summed E-state index contributed by atoms with van der Waals surface area (Å²) in [5.74, 6) is -0.558. The lowest BCUT2D eigenvalue weighted by atomic mass is 10.0. The molecule has 70 heavy (non-hydrogen) atoms. The zero-order valence-electron chi connectivity index (χ0n) is 38.6. The summed E-state index contributed by atoms with van der Waals surface area (Å²) in [6.45, 7) is 11.5. The first-order chi connectivity index (χ1) is 33.9. The zero-order chi connectivity index (χ0) is 48.6. The van der Waals surface area contributed by atoms with Gasteiger partial charge >= 0.3 is 0 Å². The van der Waals surface area contributed by atoms with Crippen molar-refractivity contribution in [3.05, 3.63) is 113 Å². The van der Waals surface area contributed by atoms with Gasteiger partial charge in [0.15, 0.2) is 5.82 Å². The van der Waals surface area contributed by atoms with E-state index in [0.717, 1.165) is 67.9 Å². The highest BCUT2D eigenvalue weighted by Crippen LogP contribution is 2.41. The van der Waals surface area contributed by atoms with Crippen LogP contribution in [0.1, 0.15) is 24.0 Å². The maximum Gasteiger partial charge on any atom is 0.152 e. The van der Waals surface area contributed by atoms with Gasteiger partial charge in [-0.1, -0.05) is 11.6 Å². The van der Waals surface area contributed by atoms with Crippen LogP contribution >= 0.6 is 11.6 Å². The van der Waals surface area contributed by atoms with Gasteiger partial charge in [0.1, 0.15) is 34.9 Å². The molecule has 0 aliphatic carbocycles. The number of nitrogens with zero attached hydrogens (tertiary/aromatic N) is 9. The molecule has 0 amide bonds. The van der Waals surface area contributed by atoms with E-state index < -0.39 is 23.3 Å².